The molecule has 0 aliphatic carbocycles. The number of carboxylic acid groups (broad SMARTS) is 1. The van der Waals surface area contributed by atoms with Gasteiger partial charge in [-0.25, -0.2) is 4.79 Å². The van der Waals surface area contributed by atoms with E-state index in [-0.39, 0.29) is 13.0 Å². The van der Waals surface area contributed by atoms with Crippen LogP contribution in [-0.2, 0) is 9.59 Å². The fourth-order valence-corrected chi connectivity index (χ4v) is 0.951. The minimum atomic E-state index is -5.26. The van der Waals surface area contributed by atoms with E-state index in [0.717, 1.165) is 0 Å². The number of hydrogen-bond acceptors (Lipinski definition) is 4. The molecule has 0 heterocycles. The highest BCUT2D eigenvalue weighted by Crippen LogP contribution is 2.25. The lowest BCUT2D eigenvalue weighted by molar-refractivity contribution is -0.181. The summed E-state index contributed by atoms with van der Waals surface area (Å²) in [6.45, 7) is -0.0443. The molecule has 0 aromatic rings. The number of carbonyl (C=O) groups excluding carboxylic acids is 1. The molecular formula is C7H11F3N2O3. The molecule has 0 aromatic heterocycles. The Morgan fingerprint density at radius 2 is 1.73 bits per heavy atom. The summed E-state index contributed by atoms with van der Waals surface area (Å²) in [4.78, 5) is 21.3. The van der Waals surface area contributed by atoms with Gasteiger partial charge in [-0.15, -0.1) is 0 Å². The molecule has 0 saturated heterocycles. The van der Waals surface area contributed by atoms with E-state index in [1.165, 1.54) is 0 Å². The third-order valence-electron chi connectivity index (χ3n) is 1.82. The number of alkyl halides is 3. The highest BCUT2D eigenvalue weighted by Gasteiger charge is 2.54. The summed E-state index contributed by atoms with van der Waals surface area (Å²) in [6.07, 6.45) is -5.98. The first-order valence-corrected chi connectivity index (χ1v) is 4.00. The van der Waals surface area contributed by atoms with Crippen LogP contribution in [0, 0.1) is 0 Å². The molecule has 0 spiro atoms. The zero-order valence-electron chi connectivity index (χ0n) is 7.67. The Kier molecular flexibility index (Phi) is 4.23. The maximum Gasteiger partial charge on any atom is 0.452 e. The number of hydrogen-bond donors (Lipinski definition) is 3. The molecule has 1 atom stereocenters. The van der Waals surface area contributed by atoms with Gasteiger partial charge < -0.3 is 16.6 Å². The SMILES string of the molecule is NCCC[C@](N)(C(=O)O)C(=O)C(F)(F)F. The van der Waals surface area contributed by atoms with Crippen LogP contribution in [0.5, 0.6) is 0 Å². The van der Waals surface area contributed by atoms with Crippen LogP contribution in [0.15, 0.2) is 0 Å². The van der Waals surface area contributed by atoms with Crippen molar-refractivity contribution in [1.82, 2.24) is 0 Å². The molecule has 0 aliphatic heterocycles. The van der Waals surface area contributed by atoms with Gasteiger partial charge in [-0.05, 0) is 19.4 Å². The first-order valence-electron chi connectivity index (χ1n) is 4.00. The second kappa shape index (κ2) is 4.58. The van der Waals surface area contributed by atoms with Crippen LogP contribution >= 0.6 is 0 Å². The van der Waals surface area contributed by atoms with Crippen molar-refractivity contribution in [2.24, 2.45) is 11.5 Å². The van der Waals surface area contributed by atoms with Crippen molar-refractivity contribution in [1.29, 1.82) is 0 Å². The molecule has 5 N–H and O–H groups in total. The number of Topliss-reactive ketones (excluding diaryl/α,β-unsaturated/α-hetero) is 1. The summed E-state index contributed by atoms with van der Waals surface area (Å²) in [5.74, 6) is -4.46. The third-order valence-corrected chi connectivity index (χ3v) is 1.82. The highest BCUT2D eigenvalue weighted by molar-refractivity contribution is 6.09. The van der Waals surface area contributed by atoms with E-state index in [2.05, 4.69) is 0 Å². The van der Waals surface area contributed by atoms with Gasteiger partial charge in [0.05, 0.1) is 0 Å². The van der Waals surface area contributed by atoms with Gasteiger partial charge in [0.2, 0.25) is 0 Å². The number of halogens is 3. The second-order valence-electron chi connectivity index (χ2n) is 3.00. The normalized spacial score (nSPS) is 15.8. The molecule has 0 rings (SSSR count). The summed E-state index contributed by atoms with van der Waals surface area (Å²) in [7, 11) is 0. The Bertz CT molecular complexity index is 267. The van der Waals surface area contributed by atoms with Crippen molar-refractivity contribution < 1.29 is 27.9 Å². The van der Waals surface area contributed by atoms with Gasteiger partial charge in [-0.3, -0.25) is 4.79 Å². The Morgan fingerprint density at radius 1 is 1.27 bits per heavy atom. The Labute approximate surface area is 83.2 Å². The topological polar surface area (TPSA) is 106 Å². The van der Waals surface area contributed by atoms with E-state index in [4.69, 9.17) is 16.6 Å². The number of nitrogens with two attached hydrogens (primary N) is 2. The summed E-state index contributed by atoms with van der Waals surface area (Å²) in [5, 5.41) is 8.51. The molecule has 0 bridgehead atoms. The van der Waals surface area contributed by atoms with Crippen molar-refractivity contribution in [3.8, 4) is 0 Å². The lowest BCUT2D eigenvalue weighted by Gasteiger charge is -2.23. The average molecular weight is 228 g/mol. The minimum Gasteiger partial charge on any atom is -0.480 e. The van der Waals surface area contributed by atoms with Gasteiger partial charge in [0.15, 0.2) is 5.54 Å². The Hall–Kier alpha value is -1.15. The van der Waals surface area contributed by atoms with Crippen LogP contribution in [0.1, 0.15) is 12.8 Å². The molecule has 0 saturated carbocycles. The fraction of sp³-hybridized carbons (Fsp3) is 0.714. The first-order chi connectivity index (χ1) is 6.66. The van der Waals surface area contributed by atoms with Crippen LogP contribution in [0.4, 0.5) is 13.2 Å². The molecule has 0 amide bonds. The van der Waals surface area contributed by atoms with Gasteiger partial charge in [0, 0.05) is 0 Å². The van der Waals surface area contributed by atoms with Crippen LogP contribution < -0.4 is 11.5 Å². The molecule has 0 radical (unpaired) electrons. The summed E-state index contributed by atoms with van der Waals surface area (Å²) < 4.78 is 36.0. The van der Waals surface area contributed by atoms with Gasteiger partial charge in [-0.1, -0.05) is 0 Å². The maximum absolute atomic E-state index is 12.0. The predicted octanol–water partition coefficient (Wildman–Crippen LogP) is -0.361. The van der Waals surface area contributed by atoms with Crippen LogP contribution in [0.2, 0.25) is 0 Å². The van der Waals surface area contributed by atoms with Crippen molar-refractivity contribution in [2.75, 3.05) is 6.54 Å². The largest absolute Gasteiger partial charge is 0.480 e. The molecule has 88 valence electrons. The van der Waals surface area contributed by atoms with Gasteiger partial charge >= 0.3 is 12.1 Å². The number of rotatable bonds is 5. The second-order valence-corrected chi connectivity index (χ2v) is 3.00. The molecule has 0 fully saturated rings. The molecular weight excluding hydrogens is 217 g/mol. The predicted molar refractivity (Wildman–Crippen MR) is 43.9 cm³/mol. The monoisotopic (exact) mass is 228 g/mol. The lowest BCUT2D eigenvalue weighted by Crippen LogP contribution is -2.59. The van der Waals surface area contributed by atoms with Crippen LogP contribution in [0.3, 0.4) is 0 Å². The Morgan fingerprint density at radius 3 is 2.00 bits per heavy atom. The molecule has 0 aromatic carbocycles. The smallest absolute Gasteiger partial charge is 0.452 e. The zero-order chi connectivity index (χ0) is 12.3. The van der Waals surface area contributed by atoms with E-state index in [1.807, 2.05) is 0 Å². The van der Waals surface area contributed by atoms with E-state index in [1.54, 1.807) is 0 Å². The van der Waals surface area contributed by atoms with Crippen LogP contribution in [0.25, 0.3) is 0 Å². The fourth-order valence-electron chi connectivity index (χ4n) is 0.951. The number of carbonyl (C=O) groups is 2. The van der Waals surface area contributed by atoms with Crippen molar-refractivity contribution in [3.05, 3.63) is 0 Å². The van der Waals surface area contributed by atoms with E-state index in [9.17, 15) is 22.8 Å². The van der Waals surface area contributed by atoms with Crippen LogP contribution in [-0.4, -0.2) is 35.1 Å². The van der Waals surface area contributed by atoms with E-state index >= 15 is 0 Å². The molecule has 15 heavy (non-hydrogen) atoms. The molecule has 0 aliphatic rings. The summed E-state index contributed by atoms with van der Waals surface area (Å²) in [6, 6.07) is 0. The summed E-state index contributed by atoms with van der Waals surface area (Å²) in [5.41, 5.74) is 7.00. The Balaban J connectivity index is 4.95. The molecule has 0 unspecified atom stereocenters. The highest BCUT2D eigenvalue weighted by atomic mass is 19.4. The van der Waals surface area contributed by atoms with Gasteiger partial charge in [0.1, 0.15) is 0 Å². The number of carboxylic acids is 1. The first kappa shape index (κ1) is 13.8. The van der Waals surface area contributed by atoms with Gasteiger partial charge in [0.25, 0.3) is 5.78 Å². The summed E-state index contributed by atoms with van der Waals surface area (Å²) >= 11 is 0. The maximum atomic E-state index is 12.0. The van der Waals surface area contributed by atoms with Gasteiger partial charge in [-0.2, -0.15) is 13.2 Å². The molecule has 5 nitrogen and oxygen atoms in total. The number of aliphatic carboxylic acids is 1. The van der Waals surface area contributed by atoms with Crippen molar-refractivity contribution in [3.63, 3.8) is 0 Å². The molecule has 8 heteroatoms. The quantitative estimate of drug-likeness (QED) is 0.557. The number of ketones is 1. The third kappa shape index (κ3) is 3.17. The minimum absolute atomic E-state index is 0.0443. The van der Waals surface area contributed by atoms with E-state index < -0.39 is 29.9 Å². The zero-order valence-corrected chi connectivity index (χ0v) is 7.67. The van der Waals surface area contributed by atoms with Crippen molar-refractivity contribution in [2.45, 2.75) is 24.6 Å². The van der Waals surface area contributed by atoms with E-state index in [0.29, 0.717) is 0 Å². The van der Waals surface area contributed by atoms with Crippen molar-refractivity contribution >= 4 is 11.8 Å². The average Bonchev–Trinajstić information content (AvgIpc) is 2.11. The standard InChI is InChI=1S/C7H11F3N2O3/c8-7(9,10)4(13)6(12,5(14)15)2-1-3-11/h1-3,11-12H2,(H,14,15)/t6-/m1/s1. The lowest BCUT2D eigenvalue weighted by atomic mass is 9.89.